The average molecular weight is 385 g/mol. The maximum absolute atomic E-state index is 12.1. The Kier molecular flexibility index (Phi) is 16.6. The van der Waals surface area contributed by atoms with Gasteiger partial charge in [0.05, 0.1) is 0 Å². The zero-order chi connectivity index (χ0) is 20.4. The highest BCUT2D eigenvalue weighted by Gasteiger charge is 2.41. The molecule has 0 fully saturated rings. The highest BCUT2D eigenvalue weighted by Crippen LogP contribution is 2.14. The van der Waals surface area contributed by atoms with Gasteiger partial charge in [0.1, 0.15) is 0 Å². The number of carbonyl (C=O) groups is 2. The fraction of sp³-hybridized carbons (Fsp3) is 0.909. The topological polar surface area (TPSA) is 81.4 Å². The summed E-state index contributed by atoms with van der Waals surface area (Å²) >= 11 is 0. The van der Waals surface area contributed by atoms with Gasteiger partial charge in [-0.1, -0.05) is 91.4 Å². The zero-order valence-electron chi connectivity index (χ0n) is 18.1. The summed E-state index contributed by atoms with van der Waals surface area (Å²) in [5.74, 6) is -0.910. The lowest BCUT2D eigenvalue weighted by molar-refractivity contribution is -0.161. The number of rotatable bonds is 19. The Morgan fingerprint density at radius 1 is 0.778 bits per heavy atom. The fourth-order valence-electron chi connectivity index (χ4n) is 3.15. The second-order valence-electron chi connectivity index (χ2n) is 7.67. The van der Waals surface area contributed by atoms with Gasteiger partial charge in [-0.2, -0.15) is 5.48 Å². The van der Waals surface area contributed by atoms with Gasteiger partial charge in [0, 0.05) is 13.0 Å². The molecule has 0 amide bonds. The van der Waals surface area contributed by atoms with E-state index in [0.29, 0.717) is 19.4 Å². The van der Waals surface area contributed by atoms with Crippen molar-refractivity contribution in [2.45, 2.75) is 123 Å². The Morgan fingerprint density at radius 3 is 1.70 bits per heavy atom. The molecule has 0 radical (unpaired) electrons. The van der Waals surface area contributed by atoms with E-state index in [2.05, 4.69) is 12.4 Å². The van der Waals surface area contributed by atoms with Crippen molar-refractivity contribution >= 4 is 11.8 Å². The Bertz CT molecular complexity index is 388. The number of unbranched alkanes of at least 4 members (excludes halogenated alkanes) is 11. The van der Waals surface area contributed by atoms with Crippen molar-refractivity contribution in [3.63, 3.8) is 0 Å². The van der Waals surface area contributed by atoms with Crippen LogP contribution in [0.4, 0.5) is 0 Å². The van der Waals surface area contributed by atoms with Crippen LogP contribution >= 0.6 is 0 Å². The number of carbonyl (C=O) groups excluding carboxylic acids is 2. The highest BCUT2D eigenvalue weighted by molar-refractivity contribution is 6.08. The normalized spacial score (nSPS) is 13.3. The summed E-state index contributed by atoms with van der Waals surface area (Å²) in [5, 5.41) is 0. The lowest BCUT2D eigenvalue weighted by Gasteiger charge is -2.23. The Hall–Kier alpha value is -0.940. The van der Waals surface area contributed by atoms with Crippen molar-refractivity contribution in [3.8, 4) is 0 Å². The smallest absolute Gasteiger partial charge is 0.352 e. The molecule has 0 saturated carbocycles. The molecule has 1 unspecified atom stereocenters. The molecular weight excluding hydrogens is 340 g/mol. The predicted octanol–water partition coefficient (Wildman–Crippen LogP) is 5.21. The molecule has 0 bridgehead atoms. The highest BCUT2D eigenvalue weighted by atomic mass is 16.7. The molecule has 1 atom stereocenters. The predicted molar refractivity (Wildman–Crippen MR) is 112 cm³/mol. The van der Waals surface area contributed by atoms with Crippen molar-refractivity contribution < 1.29 is 14.4 Å². The molecule has 0 saturated heterocycles. The van der Waals surface area contributed by atoms with Gasteiger partial charge in [0.2, 0.25) is 0 Å². The lowest BCUT2D eigenvalue weighted by Crippen LogP contribution is -2.56. The number of nitrogens with one attached hydrogen (secondary N) is 1. The molecule has 5 heteroatoms. The van der Waals surface area contributed by atoms with Crippen molar-refractivity contribution in [1.29, 1.82) is 0 Å². The molecule has 0 aromatic carbocycles. The maximum Gasteiger partial charge on any atom is 0.352 e. The van der Waals surface area contributed by atoms with Crippen LogP contribution in [-0.2, 0) is 14.4 Å². The van der Waals surface area contributed by atoms with Crippen LogP contribution in [-0.4, -0.2) is 23.8 Å². The average Bonchev–Trinajstić information content (AvgIpc) is 2.67. The first kappa shape index (κ1) is 26.1. The van der Waals surface area contributed by atoms with E-state index in [1.807, 2.05) is 6.92 Å². The van der Waals surface area contributed by atoms with Gasteiger partial charge in [-0.05, 0) is 19.3 Å². The molecule has 5 nitrogen and oxygen atoms in total. The zero-order valence-corrected chi connectivity index (χ0v) is 18.1. The molecule has 0 aromatic rings. The van der Waals surface area contributed by atoms with E-state index in [9.17, 15) is 9.59 Å². The Morgan fingerprint density at radius 2 is 1.26 bits per heavy atom. The molecule has 0 aliphatic heterocycles. The largest absolute Gasteiger partial charge is 0.369 e. The third kappa shape index (κ3) is 12.2. The summed E-state index contributed by atoms with van der Waals surface area (Å²) in [5.41, 5.74) is 7.12. The van der Waals surface area contributed by atoms with Crippen LogP contribution in [0.3, 0.4) is 0 Å². The number of hydrogen-bond donors (Lipinski definition) is 2. The van der Waals surface area contributed by atoms with E-state index in [1.54, 1.807) is 6.92 Å². The van der Waals surface area contributed by atoms with Gasteiger partial charge < -0.3 is 10.6 Å². The summed E-state index contributed by atoms with van der Waals surface area (Å²) in [4.78, 5) is 29.2. The number of Topliss-reactive ketones (excluding diaryl/α,β-unsaturated/α-hetero) is 1. The molecule has 160 valence electrons. The van der Waals surface area contributed by atoms with Crippen LogP contribution in [0, 0.1) is 0 Å². The van der Waals surface area contributed by atoms with Gasteiger partial charge in [-0.3, -0.25) is 4.79 Å². The van der Waals surface area contributed by atoms with E-state index < -0.39 is 11.5 Å². The SMILES string of the molecule is CCCCCCCCCCCCCCNOC(=O)C(N)(CC)C(=O)CCC. The van der Waals surface area contributed by atoms with Crippen molar-refractivity contribution in [1.82, 2.24) is 5.48 Å². The Labute approximate surface area is 167 Å². The van der Waals surface area contributed by atoms with Crippen LogP contribution in [0.5, 0.6) is 0 Å². The van der Waals surface area contributed by atoms with Crippen LogP contribution in [0.25, 0.3) is 0 Å². The molecule has 0 aromatic heterocycles. The lowest BCUT2D eigenvalue weighted by atomic mass is 9.90. The minimum absolute atomic E-state index is 0.246. The second kappa shape index (κ2) is 17.2. The van der Waals surface area contributed by atoms with Crippen LogP contribution in [0.15, 0.2) is 0 Å². The number of nitrogens with two attached hydrogens (primary N) is 1. The standard InChI is InChI=1S/C22H44N2O3/c1-4-7-8-9-10-11-12-13-14-15-16-17-19-24-27-21(26)22(23,6-3)20(25)18-5-2/h24H,4-19,23H2,1-3H3. The van der Waals surface area contributed by atoms with E-state index in [1.165, 1.54) is 64.2 Å². The first-order chi connectivity index (χ1) is 13.0. The molecule has 27 heavy (non-hydrogen) atoms. The molecule has 0 aliphatic carbocycles. The summed E-state index contributed by atoms with van der Waals surface area (Å²) in [6, 6.07) is 0. The van der Waals surface area contributed by atoms with Crippen LogP contribution in [0.2, 0.25) is 0 Å². The summed E-state index contributed by atoms with van der Waals surface area (Å²) in [6.07, 6.45) is 16.7. The van der Waals surface area contributed by atoms with E-state index >= 15 is 0 Å². The third-order valence-corrected chi connectivity index (χ3v) is 5.19. The van der Waals surface area contributed by atoms with Gasteiger partial charge >= 0.3 is 5.97 Å². The molecule has 0 rings (SSSR count). The van der Waals surface area contributed by atoms with Gasteiger partial charge in [0.25, 0.3) is 0 Å². The maximum atomic E-state index is 12.1. The number of ketones is 1. The minimum Gasteiger partial charge on any atom is -0.369 e. The number of hydroxylamine groups is 1. The first-order valence-electron chi connectivity index (χ1n) is 11.3. The van der Waals surface area contributed by atoms with E-state index in [-0.39, 0.29) is 12.2 Å². The van der Waals surface area contributed by atoms with Crippen molar-refractivity contribution in [3.05, 3.63) is 0 Å². The van der Waals surface area contributed by atoms with Crippen LogP contribution in [0.1, 0.15) is 117 Å². The van der Waals surface area contributed by atoms with Gasteiger partial charge in [0.15, 0.2) is 11.3 Å². The van der Waals surface area contributed by atoms with Gasteiger partial charge in [-0.15, -0.1) is 0 Å². The van der Waals surface area contributed by atoms with Crippen molar-refractivity contribution in [2.75, 3.05) is 6.54 Å². The monoisotopic (exact) mass is 384 g/mol. The second-order valence-corrected chi connectivity index (χ2v) is 7.67. The molecular formula is C22H44N2O3. The molecule has 0 heterocycles. The summed E-state index contributed by atoms with van der Waals surface area (Å²) in [7, 11) is 0. The van der Waals surface area contributed by atoms with E-state index in [0.717, 1.165) is 12.8 Å². The van der Waals surface area contributed by atoms with Crippen LogP contribution < -0.4 is 11.2 Å². The first-order valence-corrected chi connectivity index (χ1v) is 11.3. The quantitative estimate of drug-likeness (QED) is 0.181. The summed E-state index contributed by atoms with van der Waals surface area (Å²) < 4.78 is 0. The third-order valence-electron chi connectivity index (χ3n) is 5.19. The molecule has 0 aliphatic rings. The number of hydrogen-bond acceptors (Lipinski definition) is 5. The van der Waals surface area contributed by atoms with Crippen molar-refractivity contribution in [2.24, 2.45) is 5.73 Å². The summed E-state index contributed by atoms with van der Waals surface area (Å²) in [6.45, 7) is 6.49. The molecule has 0 spiro atoms. The van der Waals surface area contributed by atoms with E-state index in [4.69, 9.17) is 10.6 Å². The van der Waals surface area contributed by atoms with Gasteiger partial charge in [-0.25, -0.2) is 4.79 Å². The minimum atomic E-state index is -1.51. The Balaban J connectivity index is 3.58. The molecule has 3 N–H and O–H groups in total. The fourth-order valence-corrected chi connectivity index (χ4v) is 3.15.